The van der Waals surface area contributed by atoms with Crippen LogP contribution < -0.4 is 9.47 Å². The number of carbonyl (C=O) groups excluding carboxylic acids is 2. The molecule has 5 nitrogen and oxygen atoms in total. The number of hydrogen-bond donors (Lipinski definition) is 0. The summed E-state index contributed by atoms with van der Waals surface area (Å²) in [7, 11) is 3.11. The maximum atomic E-state index is 11.6. The van der Waals surface area contributed by atoms with E-state index in [9.17, 15) is 9.59 Å². The van der Waals surface area contributed by atoms with Crippen molar-refractivity contribution in [2.75, 3.05) is 14.2 Å². The predicted octanol–water partition coefficient (Wildman–Crippen LogP) is 2.16. The summed E-state index contributed by atoms with van der Waals surface area (Å²) in [5.41, 5.74) is 0.897. The summed E-state index contributed by atoms with van der Waals surface area (Å²) in [5, 5.41) is 0. The number of rotatable bonds is 7. The monoisotopic (exact) mass is 280 g/mol. The molecule has 0 saturated carbocycles. The molecule has 0 fully saturated rings. The number of methoxy groups -OCH3 is 2. The highest BCUT2D eigenvalue weighted by Crippen LogP contribution is 2.27. The van der Waals surface area contributed by atoms with Gasteiger partial charge in [-0.2, -0.15) is 0 Å². The third-order valence-corrected chi connectivity index (χ3v) is 2.66. The van der Waals surface area contributed by atoms with Gasteiger partial charge in [0, 0.05) is 6.42 Å². The van der Waals surface area contributed by atoms with Crippen molar-refractivity contribution in [1.82, 2.24) is 0 Å². The molecule has 0 heterocycles. The average molecular weight is 280 g/mol. The summed E-state index contributed by atoms with van der Waals surface area (Å²) in [6.07, 6.45) is 0.278. The highest BCUT2D eigenvalue weighted by Gasteiger charge is 2.16. The fraction of sp³-hybridized carbons (Fsp3) is 0.467. The fourth-order valence-corrected chi connectivity index (χ4v) is 1.68. The molecule has 0 aliphatic heterocycles. The Balaban J connectivity index is 2.61. The van der Waals surface area contributed by atoms with E-state index in [2.05, 4.69) is 0 Å². The Bertz CT molecular complexity index is 479. The van der Waals surface area contributed by atoms with Crippen LogP contribution in [0.1, 0.15) is 25.8 Å². The minimum absolute atomic E-state index is 0.112. The molecule has 0 atom stereocenters. The van der Waals surface area contributed by atoms with Gasteiger partial charge >= 0.3 is 5.97 Å². The van der Waals surface area contributed by atoms with Crippen LogP contribution in [-0.4, -0.2) is 32.1 Å². The maximum absolute atomic E-state index is 11.6. The fourth-order valence-electron chi connectivity index (χ4n) is 1.68. The average Bonchev–Trinajstić information content (AvgIpc) is 2.43. The van der Waals surface area contributed by atoms with Gasteiger partial charge in [0.05, 0.1) is 20.3 Å². The van der Waals surface area contributed by atoms with E-state index in [4.69, 9.17) is 14.2 Å². The molecule has 0 aromatic heterocycles. The van der Waals surface area contributed by atoms with E-state index in [1.165, 1.54) is 0 Å². The smallest absolute Gasteiger partial charge is 0.374 e. The van der Waals surface area contributed by atoms with Crippen LogP contribution in [0.25, 0.3) is 0 Å². The molecule has 0 unspecified atom stereocenters. The number of ketones is 1. The zero-order valence-corrected chi connectivity index (χ0v) is 12.3. The summed E-state index contributed by atoms with van der Waals surface area (Å²) in [5.74, 6) is -0.0713. The number of aryl methyl sites for hydroxylation is 1. The Kier molecular flexibility index (Phi) is 6.03. The van der Waals surface area contributed by atoms with E-state index in [-0.39, 0.29) is 12.5 Å². The lowest BCUT2D eigenvalue weighted by atomic mass is 10.1. The van der Waals surface area contributed by atoms with Crippen molar-refractivity contribution in [2.45, 2.75) is 32.8 Å². The van der Waals surface area contributed by atoms with Crippen molar-refractivity contribution in [1.29, 1.82) is 0 Å². The molecule has 0 saturated heterocycles. The number of benzene rings is 1. The number of hydrogen-bond acceptors (Lipinski definition) is 5. The van der Waals surface area contributed by atoms with Crippen molar-refractivity contribution in [3.05, 3.63) is 23.8 Å². The molecule has 0 radical (unpaired) electrons. The first-order valence-corrected chi connectivity index (χ1v) is 6.42. The van der Waals surface area contributed by atoms with Crippen LogP contribution in [-0.2, 0) is 20.7 Å². The van der Waals surface area contributed by atoms with E-state index >= 15 is 0 Å². The van der Waals surface area contributed by atoms with Gasteiger partial charge in [-0.05, 0) is 38.0 Å². The second-order valence-electron chi connectivity index (χ2n) is 4.57. The SMILES string of the molecule is COc1ccc(CCC(=O)C(=O)OC(C)C)cc1OC. The predicted molar refractivity (Wildman–Crippen MR) is 74.1 cm³/mol. The minimum atomic E-state index is -0.777. The second kappa shape index (κ2) is 7.53. The molecule has 110 valence electrons. The van der Waals surface area contributed by atoms with Crippen molar-refractivity contribution >= 4 is 11.8 Å². The molecular weight excluding hydrogens is 260 g/mol. The summed E-state index contributed by atoms with van der Waals surface area (Å²) in [4.78, 5) is 23.0. The van der Waals surface area contributed by atoms with Gasteiger partial charge in [0.15, 0.2) is 11.5 Å². The van der Waals surface area contributed by atoms with E-state index < -0.39 is 11.8 Å². The molecular formula is C15H20O5. The molecule has 5 heteroatoms. The van der Waals surface area contributed by atoms with Crippen molar-refractivity contribution < 1.29 is 23.8 Å². The summed E-state index contributed by atoms with van der Waals surface area (Å²) >= 11 is 0. The van der Waals surface area contributed by atoms with E-state index in [0.717, 1.165) is 5.56 Å². The normalized spacial score (nSPS) is 10.2. The van der Waals surface area contributed by atoms with Crippen LogP contribution >= 0.6 is 0 Å². The second-order valence-corrected chi connectivity index (χ2v) is 4.57. The summed E-state index contributed by atoms with van der Waals surface area (Å²) in [6.45, 7) is 3.42. The molecule has 1 aromatic carbocycles. The van der Waals surface area contributed by atoms with Crippen molar-refractivity contribution in [3.63, 3.8) is 0 Å². The Morgan fingerprint density at radius 2 is 1.75 bits per heavy atom. The van der Waals surface area contributed by atoms with E-state index in [1.807, 2.05) is 6.07 Å². The number of Topliss-reactive ketones (excluding diaryl/α,β-unsaturated/α-hetero) is 1. The molecule has 1 rings (SSSR count). The molecule has 0 amide bonds. The van der Waals surface area contributed by atoms with Gasteiger partial charge in [0.1, 0.15) is 0 Å². The van der Waals surface area contributed by atoms with Crippen LogP contribution in [0.15, 0.2) is 18.2 Å². The van der Waals surface area contributed by atoms with Crippen molar-refractivity contribution in [2.24, 2.45) is 0 Å². The van der Waals surface area contributed by atoms with Gasteiger partial charge in [0.2, 0.25) is 5.78 Å². The quantitative estimate of drug-likeness (QED) is 0.566. The van der Waals surface area contributed by atoms with Gasteiger partial charge in [-0.1, -0.05) is 6.07 Å². The highest BCUT2D eigenvalue weighted by atomic mass is 16.5. The highest BCUT2D eigenvalue weighted by molar-refractivity contribution is 6.33. The topological polar surface area (TPSA) is 61.8 Å². The Labute approximate surface area is 118 Å². The molecule has 0 aliphatic carbocycles. The lowest BCUT2D eigenvalue weighted by molar-refractivity contribution is -0.156. The third kappa shape index (κ3) is 4.57. The van der Waals surface area contributed by atoms with Gasteiger partial charge < -0.3 is 14.2 Å². The summed E-state index contributed by atoms with van der Waals surface area (Å²) in [6, 6.07) is 5.40. The molecule has 0 spiro atoms. The first-order chi connectivity index (χ1) is 9.47. The van der Waals surface area contributed by atoms with Gasteiger partial charge in [0.25, 0.3) is 0 Å². The van der Waals surface area contributed by atoms with E-state index in [1.54, 1.807) is 40.2 Å². The number of esters is 1. The molecule has 1 aromatic rings. The van der Waals surface area contributed by atoms with Crippen LogP contribution in [0.3, 0.4) is 0 Å². The Hall–Kier alpha value is -2.04. The maximum Gasteiger partial charge on any atom is 0.374 e. The zero-order chi connectivity index (χ0) is 15.1. The first-order valence-electron chi connectivity index (χ1n) is 6.42. The van der Waals surface area contributed by atoms with Crippen LogP contribution in [0.5, 0.6) is 11.5 Å². The van der Waals surface area contributed by atoms with Crippen LogP contribution in [0.4, 0.5) is 0 Å². The van der Waals surface area contributed by atoms with Crippen LogP contribution in [0.2, 0.25) is 0 Å². The molecule has 0 aliphatic rings. The van der Waals surface area contributed by atoms with Crippen LogP contribution in [0, 0.1) is 0 Å². The Morgan fingerprint density at radius 3 is 2.30 bits per heavy atom. The van der Waals surface area contributed by atoms with Crippen molar-refractivity contribution in [3.8, 4) is 11.5 Å². The largest absolute Gasteiger partial charge is 0.493 e. The zero-order valence-electron chi connectivity index (χ0n) is 12.3. The number of ether oxygens (including phenoxy) is 3. The molecule has 0 N–H and O–H groups in total. The van der Waals surface area contributed by atoms with E-state index in [0.29, 0.717) is 17.9 Å². The first kappa shape index (κ1) is 16.0. The third-order valence-electron chi connectivity index (χ3n) is 2.66. The lowest BCUT2D eigenvalue weighted by Crippen LogP contribution is -2.21. The number of carbonyl (C=O) groups is 2. The summed E-state index contributed by atoms with van der Waals surface area (Å²) < 4.78 is 15.2. The van der Waals surface area contributed by atoms with Gasteiger partial charge in [-0.25, -0.2) is 4.79 Å². The van der Waals surface area contributed by atoms with Gasteiger partial charge in [-0.3, -0.25) is 4.79 Å². The lowest BCUT2D eigenvalue weighted by Gasteiger charge is -2.09. The molecule has 20 heavy (non-hydrogen) atoms. The minimum Gasteiger partial charge on any atom is -0.493 e. The Morgan fingerprint density at radius 1 is 1.10 bits per heavy atom. The van der Waals surface area contributed by atoms with Gasteiger partial charge in [-0.15, -0.1) is 0 Å². The molecule has 0 bridgehead atoms. The standard InChI is InChI=1S/C15H20O5/c1-10(2)20-15(17)12(16)7-5-11-6-8-13(18-3)14(9-11)19-4/h6,8-10H,5,7H2,1-4H3.